The van der Waals surface area contributed by atoms with Crippen LogP contribution in [-0.4, -0.2) is 63.9 Å². The average Bonchev–Trinajstić information content (AvgIpc) is 3.19. The fraction of sp³-hybridized carbons (Fsp3) is 0.529. The van der Waals surface area contributed by atoms with Gasteiger partial charge in [-0.3, -0.25) is 14.0 Å². The summed E-state index contributed by atoms with van der Waals surface area (Å²) in [6.07, 6.45) is 1.22. The van der Waals surface area contributed by atoms with Gasteiger partial charge in [0.15, 0.2) is 0 Å². The quantitative estimate of drug-likeness (QED) is 0.646. The van der Waals surface area contributed by atoms with Crippen molar-refractivity contribution in [1.29, 1.82) is 0 Å². The Labute approximate surface area is 155 Å². The topological polar surface area (TPSA) is 84.0 Å². The van der Waals surface area contributed by atoms with E-state index >= 15 is 0 Å². The Kier molecular flexibility index (Phi) is 5.59. The Morgan fingerprint density at radius 3 is 2.70 bits per heavy atom. The Morgan fingerprint density at radius 2 is 2.04 bits per heavy atom. The van der Waals surface area contributed by atoms with Crippen LogP contribution in [0.15, 0.2) is 17.0 Å². The van der Waals surface area contributed by atoms with Gasteiger partial charge in [-0.25, -0.2) is 12.8 Å². The molecule has 0 aliphatic carbocycles. The van der Waals surface area contributed by atoms with Crippen molar-refractivity contribution in [2.24, 2.45) is 0 Å². The molecule has 1 fully saturated rings. The van der Waals surface area contributed by atoms with E-state index in [1.54, 1.807) is 0 Å². The minimum atomic E-state index is -4.06. The van der Waals surface area contributed by atoms with E-state index in [0.29, 0.717) is 12.8 Å². The fourth-order valence-electron chi connectivity index (χ4n) is 3.56. The molecule has 10 heteroatoms. The lowest BCUT2D eigenvalue weighted by molar-refractivity contribution is -0.114. The molecule has 2 heterocycles. The van der Waals surface area contributed by atoms with E-state index in [2.05, 4.69) is 0 Å². The third kappa shape index (κ3) is 3.37. The van der Waals surface area contributed by atoms with Crippen LogP contribution < -0.4 is 4.90 Å². The number of sulfonamides is 1. The molecule has 1 saturated heterocycles. The molecule has 1 aromatic carbocycles. The van der Waals surface area contributed by atoms with Crippen molar-refractivity contribution in [2.45, 2.75) is 30.2 Å². The predicted molar refractivity (Wildman–Crippen MR) is 92.5 cm³/mol. The number of hydrogen-bond donors (Lipinski definition) is 0. The fourth-order valence-corrected chi connectivity index (χ4v) is 5.28. The number of methoxy groups -OCH3 is 1. The first-order valence-electron chi connectivity index (χ1n) is 8.59. The summed E-state index contributed by atoms with van der Waals surface area (Å²) >= 11 is 0. The number of carbonyl (C=O) groups excluding carboxylic acids is 2. The summed E-state index contributed by atoms with van der Waals surface area (Å²) in [5.74, 6) is -2.97. The van der Waals surface area contributed by atoms with Gasteiger partial charge in [0.1, 0.15) is 5.82 Å². The van der Waals surface area contributed by atoms with Gasteiger partial charge in [-0.15, -0.1) is 0 Å². The van der Waals surface area contributed by atoms with Crippen molar-refractivity contribution in [1.82, 2.24) is 4.31 Å². The molecule has 27 heavy (non-hydrogen) atoms. The maximum Gasteiger partial charge on any atom is 0.299 e. The molecule has 1 aromatic rings. The molecular formula is C17H20F2N2O5S. The molecule has 1 amide bonds. The van der Waals surface area contributed by atoms with Gasteiger partial charge in [0, 0.05) is 26.2 Å². The van der Waals surface area contributed by atoms with E-state index in [0.717, 1.165) is 17.0 Å². The molecule has 0 bridgehead atoms. The number of carbonyl (C=O) groups is 2. The highest BCUT2D eigenvalue weighted by atomic mass is 32.2. The zero-order valence-electron chi connectivity index (χ0n) is 14.8. The minimum Gasteiger partial charge on any atom is -0.383 e. The summed E-state index contributed by atoms with van der Waals surface area (Å²) in [5.41, 5.74) is -0.591. The number of alkyl halides is 1. The zero-order valence-corrected chi connectivity index (χ0v) is 15.6. The lowest BCUT2D eigenvalue weighted by Crippen LogP contribution is -2.38. The van der Waals surface area contributed by atoms with Gasteiger partial charge in [0.05, 0.1) is 29.4 Å². The van der Waals surface area contributed by atoms with Gasteiger partial charge in [0.2, 0.25) is 10.0 Å². The number of amides is 1. The van der Waals surface area contributed by atoms with E-state index in [-0.39, 0.29) is 48.3 Å². The van der Waals surface area contributed by atoms with Crippen LogP contribution >= 0.6 is 0 Å². The number of nitrogens with zero attached hydrogens (tertiary/aromatic N) is 2. The van der Waals surface area contributed by atoms with Gasteiger partial charge in [0.25, 0.3) is 11.7 Å². The summed E-state index contributed by atoms with van der Waals surface area (Å²) in [6, 6.07) is 1.48. The first-order valence-corrected chi connectivity index (χ1v) is 10.0. The van der Waals surface area contributed by atoms with Crippen LogP contribution in [0.2, 0.25) is 0 Å². The van der Waals surface area contributed by atoms with E-state index in [4.69, 9.17) is 4.74 Å². The molecule has 2 aliphatic heterocycles. The third-order valence-electron chi connectivity index (χ3n) is 4.79. The Morgan fingerprint density at radius 1 is 1.30 bits per heavy atom. The van der Waals surface area contributed by atoms with Crippen LogP contribution in [0.25, 0.3) is 0 Å². The molecule has 0 aromatic heterocycles. The Bertz CT molecular complexity index is 874. The van der Waals surface area contributed by atoms with Crippen LogP contribution in [0, 0.1) is 5.82 Å². The smallest absolute Gasteiger partial charge is 0.299 e. The number of halogens is 2. The molecule has 7 nitrogen and oxygen atoms in total. The summed E-state index contributed by atoms with van der Waals surface area (Å²) in [6.45, 7) is -0.401. The zero-order chi connectivity index (χ0) is 19.8. The van der Waals surface area contributed by atoms with Gasteiger partial charge >= 0.3 is 0 Å². The van der Waals surface area contributed by atoms with Crippen molar-refractivity contribution in [3.05, 3.63) is 23.5 Å². The maximum atomic E-state index is 14.7. The monoisotopic (exact) mass is 402 g/mol. The second-order valence-electron chi connectivity index (χ2n) is 6.50. The molecular weight excluding hydrogens is 382 g/mol. The molecule has 0 radical (unpaired) electrons. The second kappa shape index (κ2) is 7.61. The highest BCUT2D eigenvalue weighted by Gasteiger charge is 2.41. The molecule has 3 rings (SSSR count). The molecule has 148 valence electrons. The van der Waals surface area contributed by atoms with Crippen molar-refractivity contribution in [2.75, 3.05) is 38.4 Å². The lowest BCUT2D eigenvalue weighted by Gasteiger charge is -2.24. The molecule has 0 saturated carbocycles. The van der Waals surface area contributed by atoms with E-state index in [1.807, 2.05) is 0 Å². The van der Waals surface area contributed by atoms with E-state index in [9.17, 15) is 26.8 Å². The maximum absolute atomic E-state index is 14.7. The number of fused-ring (bicyclic) bond motifs is 1. The first kappa shape index (κ1) is 19.8. The first-order chi connectivity index (χ1) is 12.8. The molecule has 0 N–H and O–H groups in total. The number of hydrogen-bond acceptors (Lipinski definition) is 5. The number of benzene rings is 1. The van der Waals surface area contributed by atoms with Crippen LogP contribution in [0.4, 0.5) is 14.5 Å². The van der Waals surface area contributed by atoms with Crippen LogP contribution in [0.1, 0.15) is 29.6 Å². The standard InChI is InChI=1S/C17H20F2N2O5S/c1-26-10-11-4-2-7-21(11)27(24,25)12-8-13-15(14(19)9-12)20(6-3-5-18)17(23)16(13)22/h8-9,11H,2-7,10H2,1H3/t11-/m0/s1. The van der Waals surface area contributed by atoms with Crippen molar-refractivity contribution < 1.29 is 31.5 Å². The Balaban J connectivity index is 2.01. The van der Waals surface area contributed by atoms with Crippen LogP contribution in [0.3, 0.4) is 0 Å². The minimum absolute atomic E-state index is 0.0512. The van der Waals surface area contributed by atoms with Crippen LogP contribution in [0.5, 0.6) is 0 Å². The number of anilines is 1. The normalized spacial score (nSPS) is 20.6. The van der Waals surface area contributed by atoms with Crippen LogP contribution in [-0.2, 0) is 19.6 Å². The molecule has 1 atom stereocenters. The summed E-state index contributed by atoms with van der Waals surface area (Å²) < 4.78 is 59.3. The van der Waals surface area contributed by atoms with Crippen molar-refractivity contribution in [3.63, 3.8) is 0 Å². The predicted octanol–water partition coefficient (Wildman–Crippen LogP) is 1.51. The largest absolute Gasteiger partial charge is 0.383 e. The summed E-state index contributed by atoms with van der Waals surface area (Å²) in [7, 11) is -2.59. The number of ketones is 1. The summed E-state index contributed by atoms with van der Waals surface area (Å²) in [4.78, 5) is 24.8. The SMILES string of the molecule is COC[C@@H]1CCCN1S(=O)(=O)c1cc(F)c2c(c1)C(=O)C(=O)N2CCCF. The lowest BCUT2D eigenvalue weighted by atomic mass is 10.1. The van der Waals surface area contributed by atoms with Crippen molar-refractivity contribution in [3.8, 4) is 0 Å². The molecule has 0 spiro atoms. The highest BCUT2D eigenvalue weighted by Crippen LogP contribution is 2.36. The number of rotatable bonds is 7. The van der Waals surface area contributed by atoms with Gasteiger partial charge in [-0.1, -0.05) is 0 Å². The average molecular weight is 402 g/mol. The highest BCUT2D eigenvalue weighted by molar-refractivity contribution is 7.89. The molecule has 2 aliphatic rings. The van der Waals surface area contributed by atoms with E-state index in [1.165, 1.54) is 11.4 Å². The second-order valence-corrected chi connectivity index (χ2v) is 8.39. The number of ether oxygens (including phenoxy) is 1. The van der Waals surface area contributed by atoms with E-state index < -0.39 is 34.2 Å². The third-order valence-corrected chi connectivity index (χ3v) is 6.72. The van der Waals surface area contributed by atoms with Gasteiger partial charge in [-0.2, -0.15) is 4.31 Å². The van der Waals surface area contributed by atoms with Gasteiger partial charge in [-0.05, 0) is 31.4 Å². The number of Topliss-reactive ketones (excluding diaryl/α,β-unsaturated/α-hetero) is 1. The van der Waals surface area contributed by atoms with Crippen molar-refractivity contribution >= 4 is 27.4 Å². The molecule has 0 unspecified atom stereocenters. The summed E-state index contributed by atoms with van der Waals surface area (Å²) in [5, 5.41) is 0. The Hall–Kier alpha value is -1.91. The van der Waals surface area contributed by atoms with Gasteiger partial charge < -0.3 is 9.64 Å².